The first-order valence-electron chi connectivity index (χ1n) is 6.34. The van der Waals surface area contributed by atoms with Gasteiger partial charge in [0.25, 0.3) is 5.91 Å². The van der Waals surface area contributed by atoms with Gasteiger partial charge >= 0.3 is 5.97 Å². The number of rotatable bonds is 5. The summed E-state index contributed by atoms with van der Waals surface area (Å²) >= 11 is 0. The van der Waals surface area contributed by atoms with Crippen molar-refractivity contribution in [1.82, 2.24) is 10.9 Å². The van der Waals surface area contributed by atoms with Crippen molar-refractivity contribution in [2.75, 3.05) is 6.61 Å². The summed E-state index contributed by atoms with van der Waals surface area (Å²) in [6.45, 7) is 4.17. The van der Waals surface area contributed by atoms with Crippen molar-refractivity contribution in [3.05, 3.63) is 29.8 Å². The largest absolute Gasteiger partial charge is 0.479 e. The number of nitrogens with one attached hydrogen (secondary N) is 2. The first-order valence-corrected chi connectivity index (χ1v) is 6.34. The van der Waals surface area contributed by atoms with E-state index in [1.54, 1.807) is 12.1 Å². The molecule has 2 amide bonds. The molecule has 0 unspecified atom stereocenters. The summed E-state index contributed by atoms with van der Waals surface area (Å²) in [5.41, 5.74) is 5.16. The van der Waals surface area contributed by atoms with Gasteiger partial charge in [-0.25, -0.2) is 4.79 Å². The fourth-order valence-electron chi connectivity index (χ4n) is 1.39. The molecule has 1 aromatic carbocycles. The number of aryl methyl sites for hydroxylation is 1. The number of carbonyl (C=O) groups excluding carboxylic acids is 3. The second-order valence-electron chi connectivity index (χ2n) is 4.41. The second kappa shape index (κ2) is 7.88. The molecule has 0 aliphatic rings. The molecule has 0 fully saturated rings. The van der Waals surface area contributed by atoms with Crippen molar-refractivity contribution in [3.8, 4) is 5.75 Å². The lowest BCUT2D eigenvalue weighted by atomic mass is 10.2. The molecular weight excluding hydrogens is 276 g/mol. The maximum Gasteiger partial charge on any atom is 0.347 e. The quantitative estimate of drug-likeness (QED) is 0.608. The van der Waals surface area contributed by atoms with Crippen LogP contribution in [0.4, 0.5) is 0 Å². The van der Waals surface area contributed by atoms with Crippen LogP contribution in [-0.4, -0.2) is 30.5 Å². The highest BCUT2D eigenvalue weighted by Gasteiger charge is 2.17. The zero-order chi connectivity index (χ0) is 15.8. The van der Waals surface area contributed by atoms with E-state index in [1.165, 1.54) is 13.8 Å². The smallest absolute Gasteiger partial charge is 0.347 e. The molecule has 0 aliphatic heterocycles. The average molecular weight is 294 g/mol. The van der Waals surface area contributed by atoms with Crippen LogP contribution in [-0.2, 0) is 19.1 Å². The van der Waals surface area contributed by atoms with Crippen molar-refractivity contribution in [1.29, 1.82) is 0 Å². The molecule has 7 nitrogen and oxygen atoms in total. The highest BCUT2D eigenvalue weighted by molar-refractivity contribution is 5.84. The lowest BCUT2D eigenvalue weighted by molar-refractivity contribution is -0.155. The molecule has 0 spiro atoms. The van der Waals surface area contributed by atoms with Gasteiger partial charge in [-0.15, -0.1) is 0 Å². The standard InChI is InChI=1S/C14H18N2O5/c1-9-5-4-6-12(7-9)21-10(2)14(19)20-8-13(18)16-15-11(3)17/h4-7,10H,8H2,1-3H3,(H,15,17)(H,16,18)/t10-/m0/s1. The SMILES string of the molecule is CC(=O)NNC(=O)COC(=O)[C@H](C)Oc1cccc(C)c1. The van der Waals surface area contributed by atoms with Crippen LogP contribution in [0.2, 0.25) is 0 Å². The van der Waals surface area contributed by atoms with Crippen molar-refractivity contribution in [3.63, 3.8) is 0 Å². The van der Waals surface area contributed by atoms with Crippen LogP contribution < -0.4 is 15.6 Å². The molecule has 0 saturated heterocycles. The van der Waals surface area contributed by atoms with Crippen molar-refractivity contribution < 1.29 is 23.9 Å². The summed E-state index contributed by atoms with van der Waals surface area (Å²) < 4.78 is 10.2. The van der Waals surface area contributed by atoms with E-state index in [9.17, 15) is 14.4 Å². The summed E-state index contributed by atoms with van der Waals surface area (Å²) in [4.78, 5) is 33.5. The van der Waals surface area contributed by atoms with Gasteiger partial charge in [-0.1, -0.05) is 12.1 Å². The summed E-state index contributed by atoms with van der Waals surface area (Å²) in [7, 11) is 0. The number of amides is 2. The number of carbonyl (C=O) groups is 3. The Labute approximate surface area is 122 Å². The molecule has 0 heterocycles. The normalized spacial score (nSPS) is 11.2. The minimum Gasteiger partial charge on any atom is -0.479 e. The lowest BCUT2D eigenvalue weighted by Gasteiger charge is -2.14. The molecule has 0 bridgehead atoms. The van der Waals surface area contributed by atoms with Gasteiger partial charge in [0, 0.05) is 6.92 Å². The van der Waals surface area contributed by atoms with E-state index >= 15 is 0 Å². The molecule has 21 heavy (non-hydrogen) atoms. The average Bonchev–Trinajstić information content (AvgIpc) is 2.42. The predicted octanol–water partition coefficient (Wildman–Crippen LogP) is 0.473. The van der Waals surface area contributed by atoms with Gasteiger partial charge in [0.05, 0.1) is 0 Å². The fourth-order valence-corrected chi connectivity index (χ4v) is 1.39. The van der Waals surface area contributed by atoms with Gasteiger partial charge in [0.15, 0.2) is 12.7 Å². The van der Waals surface area contributed by atoms with E-state index < -0.39 is 30.5 Å². The van der Waals surface area contributed by atoms with Crippen LogP contribution in [0, 0.1) is 6.92 Å². The molecule has 7 heteroatoms. The Morgan fingerprint density at radius 1 is 1.24 bits per heavy atom. The first kappa shape index (κ1) is 16.5. The molecule has 114 valence electrons. The monoisotopic (exact) mass is 294 g/mol. The van der Waals surface area contributed by atoms with Crippen LogP contribution in [0.25, 0.3) is 0 Å². The van der Waals surface area contributed by atoms with Crippen LogP contribution in [0.3, 0.4) is 0 Å². The van der Waals surface area contributed by atoms with Crippen LogP contribution in [0.15, 0.2) is 24.3 Å². The molecule has 0 saturated carbocycles. The van der Waals surface area contributed by atoms with E-state index in [0.717, 1.165) is 5.56 Å². The van der Waals surface area contributed by atoms with Crippen molar-refractivity contribution >= 4 is 17.8 Å². The van der Waals surface area contributed by atoms with Crippen LogP contribution in [0.1, 0.15) is 19.4 Å². The van der Waals surface area contributed by atoms with Gasteiger partial charge in [0.1, 0.15) is 5.75 Å². The summed E-state index contributed by atoms with van der Waals surface area (Å²) in [6.07, 6.45) is -0.847. The molecule has 1 aromatic rings. The van der Waals surface area contributed by atoms with Gasteiger partial charge in [-0.3, -0.25) is 20.4 Å². The molecule has 0 aromatic heterocycles. The zero-order valence-corrected chi connectivity index (χ0v) is 12.1. The van der Waals surface area contributed by atoms with Gasteiger partial charge in [-0.2, -0.15) is 0 Å². The van der Waals surface area contributed by atoms with Gasteiger partial charge in [0.2, 0.25) is 5.91 Å². The van der Waals surface area contributed by atoms with Gasteiger partial charge < -0.3 is 9.47 Å². The van der Waals surface area contributed by atoms with Crippen molar-refractivity contribution in [2.45, 2.75) is 26.9 Å². The molecule has 2 N–H and O–H groups in total. The maximum atomic E-state index is 11.7. The van der Waals surface area contributed by atoms with E-state index in [0.29, 0.717) is 5.75 Å². The summed E-state index contributed by atoms with van der Waals surface area (Å²) in [5, 5.41) is 0. The topological polar surface area (TPSA) is 93.7 Å². The predicted molar refractivity (Wildman–Crippen MR) is 74.2 cm³/mol. The molecule has 0 radical (unpaired) electrons. The third kappa shape index (κ3) is 6.42. The Bertz CT molecular complexity index is 530. The number of benzene rings is 1. The third-order valence-electron chi connectivity index (χ3n) is 2.36. The molecule has 1 rings (SSSR count). The Kier molecular flexibility index (Phi) is 6.19. The minimum absolute atomic E-state index is 0.425. The number of esters is 1. The fraction of sp³-hybridized carbons (Fsp3) is 0.357. The Morgan fingerprint density at radius 2 is 1.95 bits per heavy atom. The third-order valence-corrected chi connectivity index (χ3v) is 2.36. The van der Waals surface area contributed by atoms with E-state index in [1.807, 2.05) is 19.1 Å². The number of hydrogen-bond acceptors (Lipinski definition) is 5. The van der Waals surface area contributed by atoms with Crippen LogP contribution in [0.5, 0.6) is 5.75 Å². The number of ether oxygens (including phenoxy) is 2. The summed E-state index contributed by atoms with van der Waals surface area (Å²) in [5.74, 6) is -1.19. The first-order chi connectivity index (χ1) is 9.88. The molecule has 1 atom stereocenters. The van der Waals surface area contributed by atoms with E-state index in [4.69, 9.17) is 9.47 Å². The second-order valence-corrected chi connectivity index (χ2v) is 4.41. The number of hydrazine groups is 1. The Morgan fingerprint density at radius 3 is 2.57 bits per heavy atom. The van der Waals surface area contributed by atoms with E-state index in [2.05, 4.69) is 10.9 Å². The zero-order valence-electron chi connectivity index (χ0n) is 12.1. The Balaban J connectivity index is 2.37. The van der Waals surface area contributed by atoms with Crippen molar-refractivity contribution in [2.24, 2.45) is 0 Å². The Hall–Kier alpha value is -2.57. The molecule has 0 aliphatic carbocycles. The minimum atomic E-state index is -0.847. The molecular formula is C14H18N2O5. The summed E-state index contributed by atoms with van der Waals surface area (Å²) in [6, 6.07) is 7.22. The van der Waals surface area contributed by atoms with Gasteiger partial charge in [-0.05, 0) is 31.5 Å². The highest BCUT2D eigenvalue weighted by atomic mass is 16.6. The maximum absolute atomic E-state index is 11.7. The highest BCUT2D eigenvalue weighted by Crippen LogP contribution is 2.14. The lowest BCUT2D eigenvalue weighted by Crippen LogP contribution is -2.43. The van der Waals surface area contributed by atoms with E-state index in [-0.39, 0.29) is 0 Å². The number of hydrogen-bond donors (Lipinski definition) is 2. The van der Waals surface area contributed by atoms with Crippen LogP contribution >= 0.6 is 0 Å².